The monoisotopic (exact) mass is 445 g/mol. The SMILES string of the molecule is CN=C(NCCCN(C)CC(F)(F)F)NC1CCN(Cc2cc(OC)cc(OC)c2)C1. The van der Waals surface area contributed by atoms with Gasteiger partial charge in [-0.1, -0.05) is 0 Å². The van der Waals surface area contributed by atoms with Crippen LogP contribution >= 0.6 is 0 Å². The number of guanidine groups is 1. The van der Waals surface area contributed by atoms with E-state index in [9.17, 15) is 13.2 Å². The van der Waals surface area contributed by atoms with Crippen molar-refractivity contribution in [1.82, 2.24) is 20.4 Å². The molecule has 1 aliphatic rings. The number of halogens is 3. The molecule has 1 aromatic rings. The van der Waals surface area contributed by atoms with E-state index in [1.54, 1.807) is 21.3 Å². The van der Waals surface area contributed by atoms with Gasteiger partial charge in [-0.25, -0.2) is 0 Å². The average molecular weight is 446 g/mol. The van der Waals surface area contributed by atoms with Crippen molar-refractivity contribution in [1.29, 1.82) is 0 Å². The number of benzene rings is 1. The van der Waals surface area contributed by atoms with E-state index in [1.165, 1.54) is 11.9 Å². The summed E-state index contributed by atoms with van der Waals surface area (Å²) in [5.41, 5.74) is 1.13. The van der Waals surface area contributed by atoms with Crippen molar-refractivity contribution in [3.05, 3.63) is 23.8 Å². The summed E-state index contributed by atoms with van der Waals surface area (Å²) in [6.07, 6.45) is -2.58. The summed E-state index contributed by atoms with van der Waals surface area (Å²) >= 11 is 0. The molecule has 2 rings (SSSR count). The molecule has 1 aromatic carbocycles. The molecule has 1 atom stereocenters. The van der Waals surface area contributed by atoms with Crippen LogP contribution in [0.2, 0.25) is 0 Å². The second kappa shape index (κ2) is 12.0. The Morgan fingerprint density at radius 3 is 2.48 bits per heavy atom. The first-order chi connectivity index (χ1) is 14.7. The minimum absolute atomic E-state index is 0.256. The molecule has 0 amide bonds. The molecule has 0 spiro atoms. The summed E-state index contributed by atoms with van der Waals surface area (Å²) in [7, 11) is 6.45. The first-order valence-electron chi connectivity index (χ1n) is 10.4. The summed E-state index contributed by atoms with van der Waals surface area (Å²) in [6.45, 7) is 2.65. The maximum Gasteiger partial charge on any atom is 0.401 e. The van der Waals surface area contributed by atoms with Crippen LogP contribution in [0.3, 0.4) is 0 Å². The number of aliphatic imine (C=N–C) groups is 1. The Bertz CT molecular complexity index is 692. The molecule has 31 heavy (non-hydrogen) atoms. The standard InChI is InChI=1S/C21H34F3N5O2/c1-25-20(26-7-5-8-28(2)15-21(22,23)24)27-17-6-9-29(14-17)13-16-10-18(30-3)12-19(11-16)31-4/h10-12,17H,5-9,13-15H2,1-4H3,(H2,25,26,27). The minimum atomic E-state index is -4.16. The van der Waals surface area contributed by atoms with E-state index in [4.69, 9.17) is 9.47 Å². The van der Waals surface area contributed by atoms with E-state index in [-0.39, 0.29) is 6.04 Å². The Kier molecular flexibility index (Phi) is 9.70. The summed E-state index contributed by atoms with van der Waals surface area (Å²) in [5, 5.41) is 6.60. The fourth-order valence-corrected chi connectivity index (χ4v) is 3.64. The van der Waals surface area contributed by atoms with E-state index < -0.39 is 12.7 Å². The highest BCUT2D eigenvalue weighted by Crippen LogP contribution is 2.24. The van der Waals surface area contributed by atoms with E-state index in [1.807, 2.05) is 18.2 Å². The zero-order chi connectivity index (χ0) is 22.9. The summed E-state index contributed by atoms with van der Waals surface area (Å²) < 4.78 is 47.8. The van der Waals surface area contributed by atoms with Gasteiger partial charge in [0.25, 0.3) is 0 Å². The van der Waals surface area contributed by atoms with Crippen LogP contribution < -0.4 is 20.1 Å². The molecular formula is C21H34F3N5O2. The number of rotatable bonds is 10. The van der Waals surface area contributed by atoms with E-state index in [0.29, 0.717) is 25.5 Å². The largest absolute Gasteiger partial charge is 0.497 e. The molecule has 0 saturated carbocycles. The maximum absolute atomic E-state index is 12.4. The van der Waals surface area contributed by atoms with Gasteiger partial charge in [-0.3, -0.25) is 14.8 Å². The lowest BCUT2D eigenvalue weighted by atomic mass is 10.2. The van der Waals surface area contributed by atoms with E-state index >= 15 is 0 Å². The van der Waals surface area contributed by atoms with Gasteiger partial charge in [-0.2, -0.15) is 13.2 Å². The van der Waals surface area contributed by atoms with Crippen LogP contribution in [-0.4, -0.2) is 89.0 Å². The summed E-state index contributed by atoms with van der Waals surface area (Å²) in [5.74, 6) is 2.22. The van der Waals surface area contributed by atoms with Gasteiger partial charge in [0.2, 0.25) is 0 Å². The number of nitrogens with zero attached hydrogens (tertiary/aromatic N) is 3. The van der Waals surface area contributed by atoms with Crippen LogP contribution in [0.15, 0.2) is 23.2 Å². The highest BCUT2D eigenvalue weighted by Gasteiger charge is 2.28. The fourth-order valence-electron chi connectivity index (χ4n) is 3.64. The minimum Gasteiger partial charge on any atom is -0.497 e. The normalized spacial score (nSPS) is 17.8. The van der Waals surface area contributed by atoms with Gasteiger partial charge in [-0.05, 0) is 44.1 Å². The van der Waals surface area contributed by atoms with Gasteiger partial charge in [0.05, 0.1) is 20.8 Å². The zero-order valence-corrected chi connectivity index (χ0v) is 18.8. The van der Waals surface area contributed by atoms with Gasteiger partial charge in [-0.15, -0.1) is 0 Å². The molecule has 1 heterocycles. The van der Waals surface area contributed by atoms with Crippen LogP contribution in [0.4, 0.5) is 13.2 Å². The van der Waals surface area contributed by atoms with Crippen molar-refractivity contribution < 1.29 is 22.6 Å². The average Bonchev–Trinajstić information content (AvgIpc) is 3.15. The highest BCUT2D eigenvalue weighted by molar-refractivity contribution is 5.80. The lowest BCUT2D eigenvalue weighted by Gasteiger charge is -2.21. The Morgan fingerprint density at radius 2 is 1.90 bits per heavy atom. The quantitative estimate of drug-likeness (QED) is 0.328. The van der Waals surface area contributed by atoms with Crippen LogP contribution in [-0.2, 0) is 6.54 Å². The predicted molar refractivity (Wildman–Crippen MR) is 116 cm³/mol. The molecule has 0 radical (unpaired) electrons. The Morgan fingerprint density at radius 1 is 1.23 bits per heavy atom. The Balaban J connectivity index is 1.74. The number of nitrogens with one attached hydrogen (secondary N) is 2. The third-order valence-electron chi connectivity index (χ3n) is 5.11. The summed E-state index contributed by atoms with van der Waals surface area (Å²) in [4.78, 5) is 7.86. The number of likely N-dealkylation sites (tertiary alicyclic amines) is 1. The van der Waals surface area contributed by atoms with Crippen molar-refractivity contribution in [3.63, 3.8) is 0 Å². The van der Waals surface area contributed by atoms with Crippen molar-refractivity contribution in [2.75, 3.05) is 61.0 Å². The highest BCUT2D eigenvalue weighted by atomic mass is 19.4. The summed E-state index contributed by atoms with van der Waals surface area (Å²) in [6, 6.07) is 6.14. The zero-order valence-electron chi connectivity index (χ0n) is 18.8. The smallest absolute Gasteiger partial charge is 0.401 e. The first-order valence-corrected chi connectivity index (χ1v) is 10.4. The van der Waals surface area contributed by atoms with Gasteiger partial charge < -0.3 is 20.1 Å². The molecule has 1 unspecified atom stereocenters. The molecule has 1 aliphatic heterocycles. The molecule has 1 fully saturated rings. The van der Waals surface area contributed by atoms with Crippen LogP contribution in [0.1, 0.15) is 18.4 Å². The van der Waals surface area contributed by atoms with E-state index in [0.717, 1.165) is 43.1 Å². The van der Waals surface area contributed by atoms with Gasteiger partial charge in [0.1, 0.15) is 11.5 Å². The predicted octanol–water partition coefficient (Wildman–Crippen LogP) is 2.33. The second-order valence-corrected chi connectivity index (χ2v) is 7.79. The molecule has 0 bridgehead atoms. The first kappa shape index (κ1) is 25.1. The topological polar surface area (TPSA) is 61.4 Å². The van der Waals surface area contributed by atoms with Gasteiger partial charge >= 0.3 is 6.18 Å². The Labute approximate surface area is 182 Å². The van der Waals surface area contributed by atoms with Crippen LogP contribution in [0.25, 0.3) is 0 Å². The third-order valence-corrected chi connectivity index (χ3v) is 5.11. The van der Waals surface area contributed by atoms with Gasteiger partial charge in [0.15, 0.2) is 5.96 Å². The van der Waals surface area contributed by atoms with Crippen molar-refractivity contribution in [3.8, 4) is 11.5 Å². The number of alkyl halides is 3. The van der Waals surface area contributed by atoms with E-state index in [2.05, 4.69) is 20.5 Å². The van der Waals surface area contributed by atoms with Gasteiger partial charge in [0, 0.05) is 45.3 Å². The molecule has 176 valence electrons. The molecule has 10 heteroatoms. The molecule has 0 aromatic heterocycles. The Hall–Kier alpha value is -2.20. The third kappa shape index (κ3) is 9.22. The number of hydrogen-bond acceptors (Lipinski definition) is 5. The lowest BCUT2D eigenvalue weighted by molar-refractivity contribution is -0.143. The lowest BCUT2D eigenvalue weighted by Crippen LogP contribution is -2.45. The molecule has 1 saturated heterocycles. The number of hydrogen-bond donors (Lipinski definition) is 2. The molecular weight excluding hydrogens is 411 g/mol. The number of ether oxygens (including phenoxy) is 2. The van der Waals surface area contributed by atoms with Crippen molar-refractivity contribution in [2.24, 2.45) is 4.99 Å². The molecule has 2 N–H and O–H groups in total. The number of methoxy groups -OCH3 is 2. The maximum atomic E-state index is 12.4. The van der Waals surface area contributed by atoms with Crippen LogP contribution in [0, 0.1) is 0 Å². The second-order valence-electron chi connectivity index (χ2n) is 7.79. The molecule has 7 nitrogen and oxygen atoms in total. The fraction of sp³-hybridized carbons (Fsp3) is 0.667. The van der Waals surface area contributed by atoms with Crippen molar-refractivity contribution in [2.45, 2.75) is 31.6 Å². The molecule has 0 aliphatic carbocycles. The van der Waals surface area contributed by atoms with Crippen LogP contribution in [0.5, 0.6) is 11.5 Å². The van der Waals surface area contributed by atoms with Crippen molar-refractivity contribution >= 4 is 5.96 Å².